The number of hydrogen-bond donors (Lipinski definition) is 1. The molecule has 0 fully saturated rings. The summed E-state index contributed by atoms with van der Waals surface area (Å²) in [5.74, 6) is -0.159. The Morgan fingerprint density at radius 1 is 0.733 bits per heavy atom. The normalized spacial score (nSPS) is 10.8. The molecule has 0 radical (unpaired) electrons. The van der Waals surface area contributed by atoms with Crippen LogP contribution in [0.4, 0.5) is 5.13 Å². The molecule has 1 aromatic heterocycles. The molecule has 0 saturated carbocycles. The topological polar surface area (TPSA) is 42.0 Å². The van der Waals surface area contributed by atoms with Crippen LogP contribution in [0, 0.1) is 0 Å². The van der Waals surface area contributed by atoms with Crippen molar-refractivity contribution in [1.29, 1.82) is 0 Å². The predicted octanol–water partition coefficient (Wildman–Crippen LogP) is 6.88. The lowest BCUT2D eigenvalue weighted by molar-refractivity contribution is 0.102. The number of hydrogen-bond acceptors (Lipinski definition) is 3. The van der Waals surface area contributed by atoms with Crippen LogP contribution >= 0.6 is 11.3 Å². The molecule has 0 aliphatic heterocycles. The van der Waals surface area contributed by atoms with Crippen molar-refractivity contribution in [3.8, 4) is 22.4 Å². The second-order valence-electron chi connectivity index (χ2n) is 6.93. The maximum atomic E-state index is 13.0. The summed E-state index contributed by atoms with van der Waals surface area (Å²) in [6.07, 6.45) is 0. The maximum Gasteiger partial charge on any atom is 0.258 e. The van der Waals surface area contributed by atoms with Gasteiger partial charge in [-0.3, -0.25) is 10.1 Å². The van der Waals surface area contributed by atoms with Gasteiger partial charge in [0.1, 0.15) is 0 Å². The molecule has 30 heavy (non-hydrogen) atoms. The van der Waals surface area contributed by atoms with E-state index in [2.05, 4.69) is 34.6 Å². The average Bonchev–Trinajstić information content (AvgIpc) is 3.27. The lowest BCUT2D eigenvalue weighted by atomic mass is 9.99. The summed E-state index contributed by atoms with van der Waals surface area (Å²) in [4.78, 5) is 17.7. The van der Waals surface area contributed by atoms with E-state index in [4.69, 9.17) is 0 Å². The minimum atomic E-state index is -0.159. The molecule has 5 aromatic rings. The molecule has 0 aliphatic carbocycles. The third kappa shape index (κ3) is 3.49. The van der Waals surface area contributed by atoms with Gasteiger partial charge >= 0.3 is 0 Å². The second kappa shape index (κ2) is 7.93. The molecule has 1 heterocycles. The van der Waals surface area contributed by atoms with Crippen molar-refractivity contribution in [3.63, 3.8) is 0 Å². The van der Waals surface area contributed by atoms with Crippen molar-refractivity contribution in [2.45, 2.75) is 0 Å². The van der Waals surface area contributed by atoms with E-state index in [1.165, 1.54) is 16.7 Å². The van der Waals surface area contributed by atoms with Crippen LogP contribution in [0.1, 0.15) is 10.4 Å². The van der Waals surface area contributed by atoms with Crippen molar-refractivity contribution < 1.29 is 4.79 Å². The minimum Gasteiger partial charge on any atom is -0.298 e. The van der Waals surface area contributed by atoms with Gasteiger partial charge in [0.25, 0.3) is 5.91 Å². The smallest absolute Gasteiger partial charge is 0.258 e. The van der Waals surface area contributed by atoms with E-state index in [-0.39, 0.29) is 5.91 Å². The summed E-state index contributed by atoms with van der Waals surface area (Å²) in [7, 11) is 0. The second-order valence-corrected chi connectivity index (χ2v) is 7.79. The van der Waals surface area contributed by atoms with Gasteiger partial charge in [-0.2, -0.15) is 0 Å². The first-order valence-corrected chi connectivity index (χ1v) is 10.6. The zero-order valence-corrected chi connectivity index (χ0v) is 16.9. The molecule has 0 atom stereocenters. The van der Waals surface area contributed by atoms with Crippen molar-refractivity contribution in [3.05, 3.63) is 108 Å². The van der Waals surface area contributed by atoms with Crippen LogP contribution in [-0.2, 0) is 0 Å². The quantitative estimate of drug-likeness (QED) is 0.353. The molecule has 0 unspecified atom stereocenters. The summed E-state index contributed by atoms with van der Waals surface area (Å²) >= 11 is 1.43. The van der Waals surface area contributed by atoms with Gasteiger partial charge in [-0.15, -0.1) is 11.3 Å². The number of amides is 1. The highest BCUT2D eigenvalue weighted by molar-refractivity contribution is 7.14. The fourth-order valence-electron chi connectivity index (χ4n) is 3.62. The Hall–Kier alpha value is -3.76. The third-order valence-electron chi connectivity index (χ3n) is 5.05. The molecule has 0 saturated heterocycles. The largest absolute Gasteiger partial charge is 0.298 e. The Morgan fingerprint density at radius 3 is 2.33 bits per heavy atom. The molecule has 1 N–H and O–H groups in total. The summed E-state index contributed by atoms with van der Waals surface area (Å²) in [5.41, 5.74) is 4.48. The fraction of sp³-hybridized carbons (Fsp3) is 0. The molecule has 4 aromatic carbocycles. The molecule has 0 spiro atoms. The van der Waals surface area contributed by atoms with E-state index in [0.717, 1.165) is 27.8 Å². The average molecular weight is 407 g/mol. The number of rotatable bonds is 4. The first kappa shape index (κ1) is 18.3. The predicted molar refractivity (Wildman–Crippen MR) is 125 cm³/mol. The van der Waals surface area contributed by atoms with Crippen LogP contribution in [0.25, 0.3) is 33.2 Å². The Bertz CT molecular complexity index is 1340. The molecule has 144 valence electrons. The van der Waals surface area contributed by atoms with Gasteiger partial charge < -0.3 is 0 Å². The Morgan fingerprint density at radius 2 is 1.43 bits per heavy atom. The van der Waals surface area contributed by atoms with Crippen LogP contribution in [-0.4, -0.2) is 10.9 Å². The Labute approximate surface area is 178 Å². The van der Waals surface area contributed by atoms with Crippen LogP contribution in [0.15, 0.2) is 102 Å². The highest BCUT2D eigenvalue weighted by atomic mass is 32.1. The number of fused-ring (bicyclic) bond motifs is 1. The van der Waals surface area contributed by atoms with E-state index in [9.17, 15) is 4.79 Å². The number of aromatic nitrogens is 1. The van der Waals surface area contributed by atoms with Gasteiger partial charge in [0.2, 0.25) is 0 Å². The van der Waals surface area contributed by atoms with Crippen molar-refractivity contribution in [1.82, 2.24) is 4.98 Å². The first-order chi connectivity index (χ1) is 14.8. The van der Waals surface area contributed by atoms with E-state index >= 15 is 0 Å². The number of carbonyl (C=O) groups is 1. The molecule has 5 rings (SSSR count). The Balaban J connectivity index is 1.45. The van der Waals surface area contributed by atoms with Gasteiger partial charge in [0.05, 0.1) is 5.69 Å². The molecule has 0 bridgehead atoms. The van der Waals surface area contributed by atoms with E-state index in [0.29, 0.717) is 10.7 Å². The monoisotopic (exact) mass is 406 g/mol. The van der Waals surface area contributed by atoms with Crippen LogP contribution in [0.3, 0.4) is 0 Å². The van der Waals surface area contributed by atoms with E-state index in [1.54, 1.807) is 0 Å². The molecule has 3 nitrogen and oxygen atoms in total. The molecule has 0 aliphatic rings. The summed E-state index contributed by atoms with van der Waals surface area (Å²) in [6, 6.07) is 32.0. The van der Waals surface area contributed by atoms with Crippen molar-refractivity contribution in [2.75, 3.05) is 5.32 Å². The molecule has 1 amide bonds. The van der Waals surface area contributed by atoms with Gasteiger partial charge in [0, 0.05) is 16.5 Å². The Kier molecular flexibility index (Phi) is 4.83. The molecular formula is C26H18N2OS. The van der Waals surface area contributed by atoms with Crippen LogP contribution in [0.2, 0.25) is 0 Å². The lowest BCUT2D eigenvalue weighted by Gasteiger charge is -2.09. The SMILES string of the molecule is O=C(Nc1nc(-c2cccc3ccccc23)cs1)c1ccccc1-c1ccccc1. The fourth-order valence-corrected chi connectivity index (χ4v) is 4.32. The number of nitrogens with one attached hydrogen (secondary N) is 1. The highest BCUT2D eigenvalue weighted by Gasteiger charge is 2.15. The molecular weight excluding hydrogens is 388 g/mol. The summed E-state index contributed by atoms with van der Waals surface area (Å²) in [5, 5.41) is 7.87. The van der Waals surface area contributed by atoms with Crippen LogP contribution in [0.5, 0.6) is 0 Å². The number of thiazole rings is 1. The number of anilines is 1. The summed E-state index contributed by atoms with van der Waals surface area (Å²) in [6.45, 7) is 0. The highest BCUT2D eigenvalue weighted by Crippen LogP contribution is 2.31. The van der Waals surface area contributed by atoms with Gasteiger partial charge in [-0.1, -0.05) is 91.0 Å². The standard InChI is InChI=1S/C26H18N2OS/c29-25(23-15-7-6-14-21(23)18-9-2-1-3-10-18)28-26-27-24(17-30-26)22-16-8-12-19-11-4-5-13-20(19)22/h1-17H,(H,27,28,29). The van der Waals surface area contributed by atoms with E-state index < -0.39 is 0 Å². The first-order valence-electron chi connectivity index (χ1n) is 9.69. The van der Waals surface area contributed by atoms with Gasteiger partial charge in [0.15, 0.2) is 5.13 Å². The summed E-state index contributed by atoms with van der Waals surface area (Å²) < 4.78 is 0. The maximum absolute atomic E-state index is 13.0. The lowest BCUT2D eigenvalue weighted by Crippen LogP contribution is -2.13. The zero-order valence-electron chi connectivity index (χ0n) is 16.1. The number of nitrogens with zero attached hydrogens (tertiary/aromatic N) is 1. The minimum absolute atomic E-state index is 0.159. The van der Waals surface area contributed by atoms with Crippen molar-refractivity contribution >= 4 is 33.1 Å². The molecule has 4 heteroatoms. The number of carbonyl (C=O) groups excluding carboxylic acids is 1. The van der Waals surface area contributed by atoms with Crippen molar-refractivity contribution in [2.24, 2.45) is 0 Å². The van der Waals surface area contributed by atoms with E-state index in [1.807, 2.05) is 78.2 Å². The zero-order chi connectivity index (χ0) is 20.3. The van der Waals surface area contributed by atoms with Crippen LogP contribution < -0.4 is 5.32 Å². The van der Waals surface area contributed by atoms with Gasteiger partial charge in [-0.05, 0) is 28.0 Å². The third-order valence-corrected chi connectivity index (χ3v) is 5.80. The van der Waals surface area contributed by atoms with Gasteiger partial charge in [-0.25, -0.2) is 4.98 Å². The number of benzene rings is 4.